The van der Waals surface area contributed by atoms with Crippen LogP contribution in [0.25, 0.3) is 0 Å². The molecule has 0 saturated heterocycles. The van der Waals surface area contributed by atoms with Crippen molar-refractivity contribution in [2.45, 2.75) is 0 Å². The maximum absolute atomic E-state index is 13.3. The van der Waals surface area contributed by atoms with Crippen molar-refractivity contribution in [2.75, 3.05) is 7.11 Å². The molecule has 18 heavy (non-hydrogen) atoms. The van der Waals surface area contributed by atoms with Gasteiger partial charge in [-0.15, -0.1) is 10.2 Å². The van der Waals surface area contributed by atoms with E-state index in [0.29, 0.717) is 10.7 Å². The summed E-state index contributed by atoms with van der Waals surface area (Å²) in [5.41, 5.74) is 0.427. The quantitative estimate of drug-likeness (QED) is 0.796. The Kier molecular flexibility index (Phi) is 3.78. The topological polar surface area (TPSA) is 59.7 Å². The SMILES string of the molecule is COc1ncc(F)c(N=Nc2ccccc2Cl)n1. The maximum atomic E-state index is 13.3. The van der Waals surface area contributed by atoms with Crippen molar-refractivity contribution in [1.29, 1.82) is 0 Å². The minimum absolute atomic E-state index is 0.0181. The lowest BCUT2D eigenvalue weighted by molar-refractivity contribution is 0.377. The first kappa shape index (κ1) is 12.4. The summed E-state index contributed by atoms with van der Waals surface area (Å²) in [6.07, 6.45) is 0.965. The Hall–Kier alpha value is -2.08. The van der Waals surface area contributed by atoms with Crippen molar-refractivity contribution in [1.82, 2.24) is 9.97 Å². The van der Waals surface area contributed by atoms with Gasteiger partial charge in [0.25, 0.3) is 0 Å². The number of ether oxygens (including phenoxy) is 1. The predicted molar refractivity (Wildman–Crippen MR) is 64.2 cm³/mol. The van der Waals surface area contributed by atoms with Crippen molar-refractivity contribution >= 4 is 23.1 Å². The molecule has 0 saturated carbocycles. The third-order valence-electron chi connectivity index (χ3n) is 1.99. The van der Waals surface area contributed by atoms with E-state index in [2.05, 4.69) is 20.2 Å². The first-order chi connectivity index (χ1) is 8.70. The highest BCUT2D eigenvalue weighted by molar-refractivity contribution is 6.32. The molecule has 2 aromatic rings. The molecule has 0 N–H and O–H groups in total. The number of azo groups is 1. The first-order valence-corrected chi connectivity index (χ1v) is 5.31. The van der Waals surface area contributed by atoms with Gasteiger partial charge in [0.2, 0.25) is 5.82 Å². The van der Waals surface area contributed by atoms with Crippen molar-refractivity contribution < 1.29 is 9.13 Å². The van der Waals surface area contributed by atoms with Crippen LogP contribution in [0.1, 0.15) is 0 Å². The van der Waals surface area contributed by atoms with Crippen LogP contribution in [0.4, 0.5) is 15.9 Å². The lowest BCUT2D eigenvalue weighted by Gasteiger charge is -1.99. The number of hydrogen-bond acceptors (Lipinski definition) is 5. The molecule has 2 rings (SSSR count). The molecule has 0 aliphatic heterocycles. The van der Waals surface area contributed by atoms with E-state index in [9.17, 15) is 4.39 Å². The van der Waals surface area contributed by atoms with Gasteiger partial charge >= 0.3 is 6.01 Å². The molecule has 7 heteroatoms. The fraction of sp³-hybridized carbons (Fsp3) is 0.0909. The van der Waals surface area contributed by atoms with E-state index in [1.807, 2.05) is 0 Å². The second kappa shape index (κ2) is 5.50. The van der Waals surface area contributed by atoms with Gasteiger partial charge in [-0.2, -0.15) is 4.98 Å². The minimum atomic E-state index is -0.688. The summed E-state index contributed by atoms with van der Waals surface area (Å²) in [6, 6.07) is 6.84. The molecule has 0 spiro atoms. The zero-order valence-corrected chi connectivity index (χ0v) is 10.1. The van der Waals surface area contributed by atoms with Gasteiger partial charge < -0.3 is 4.74 Å². The average molecular weight is 267 g/mol. The van der Waals surface area contributed by atoms with Gasteiger partial charge in [0.15, 0.2) is 5.82 Å². The summed E-state index contributed by atoms with van der Waals surface area (Å²) >= 11 is 5.88. The number of hydrogen-bond donors (Lipinski definition) is 0. The van der Waals surface area contributed by atoms with Crippen LogP contribution in [0.2, 0.25) is 5.02 Å². The molecule has 92 valence electrons. The van der Waals surface area contributed by atoms with Gasteiger partial charge in [-0.25, -0.2) is 9.37 Å². The Balaban J connectivity index is 2.31. The van der Waals surface area contributed by atoms with Crippen LogP contribution >= 0.6 is 11.6 Å². The summed E-state index contributed by atoms with van der Waals surface area (Å²) < 4.78 is 18.1. The predicted octanol–water partition coefficient (Wildman–Crippen LogP) is 3.69. The van der Waals surface area contributed by atoms with Crippen LogP contribution in [-0.4, -0.2) is 17.1 Å². The van der Waals surface area contributed by atoms with Crippen LogP contribution < -0.4 is 4.74 Å². The summed E-state index contributed by atoms with van der Waals surface area (Å²) in [5.74, 6) is -0.895. The smallest absolute Gasteiger partial charge is 0.318 e. The van der Waals surface area contributed by atoms with Crippen LogP contribution in [0, 0.1) is 5.82 Å². The second-order valence-corrected chi connectivity index (χ2v) is 3.59. The van der Waals surface area contributed by atoms with Gasteiger partial charge in [0.1, 0.15) is 5.69 Å². The van der Waals surface area contributed by atoms with Crippen molar-refractivity contribution in [3.63, 3.8) is 0 Å². The number of halogens is 2. The third-order valence-corrected chi connectivity index (χ3v) is 2.31. The molecular formula is C11H8ClFN4O. The maximum Gasteiger partial charge on any atom is 0.318 e. The molecule has 1 aromatic carbocycles. The molecule has 5 nitrogen and oxygen atoms in total. The largest absolute Gasteiger partial charge is 0.467 e. The van der Waals surface area contributed by atoms with Crippen molar-refractivity contribution in [3.8, 4) is 6.01 Å². The number of aromatic nitrogens is 2. The van der Waals surface area contributed by atoms with Gasteiger partial charge in [-0.3, -0.25) is 0 Å². The van der Waals surface area contributed by atoms with Crippen LogP contribution in [-0.2, 0) is 0 Å². The van der Waals surface area contributed by atoms with E-state index in [0.717, 1.165) is 6.20 Å². The van der Waals surface area contributed by atoms with E-state index in [1.54, 1.807) is 24.3 Å². The summed E-state index contributed by atoms with van der Waals surface area (Å²) in [6.45, 7) is 0. The Labute approximate surface area is 107 Å². The highest BCUT2D eigenvalue weighted by atomic mass is 35.5. The Morgan fingerprint density at radius 2 is 2.06 bits per heavy atom. The number of benzene rings is 1. The van der Waals surface area contributed by atoms with Crippen molar-refractivity contribution in [3.05, 3.63) is 41.3 Å². The van der Waals surface area contributed by atoms with Crippen LogP contribution in [0.5, 0.6) is 6.01 Å². The summed E-state index contributed by atoms with van der Waals surface area (Å²) in [5, 5.41) is 7.92. The first-order valence-electron chi connectivity index (χ1n) is 4.93. The molecule has 0 amide bonds. The summed E-state index contributed by atoms with van der Waals surface area (Å²) in [4.78, 5) is 7.32. The highest BCUT2D eigenvalue weighted by Gasteiger charge is 2.06. The minimum Gasteiger partial charge on any atom is -0.467 e. The lowest BCUT2D eigenvalue weighted by atomic mass is 10.3. The van der Waals surface area contributed by atoms with E-state index in [4.69, 9.17) is 16.3 Å². The number of rotatable bonds is 3. The van der Waals surface area contributed by atoms with Crippen LogP contribution in [0.3, 0.4) is 0 Å². The fourth-order valence-electron chi connectivity index (χ4n) is 1.15. The van der Waals surface area contributed by atoms with Crippen LogP contribution in [0.15, 0.2) is 40.7 Å². The fourth-order valence-corrected chi connectivity index (χ4v) is 1.32. The normalized spacial score (nSPS) is 10.8. The van der Waals surface area contributed by atoms with Gasteiger partial charge in [0.05, 0.1) is 18.3 Å². The van der Waals surface area contributed by atoms with E-state index >= 15 is 0 Å². The highest BCUT2D eigenvalue weighted by Crippen LogP contribution is 2.26. The van der Waals surface area contributed by atoms with Gasteiger partial charge in [-0.05, 0) is 12.1 Å². The standard InChI is InChI=1S/C11H8ClFN4O/c1-18-11-14-6-8(13)10(15-11)17-16-9-5-3-2-4-7(9)12/h2-6H,1H3. The molecule has 0 atom stereocenters. The monoisotopic (exact) mass is 266 g/mol. The molecule has 0 bridgehead atoms. The Bertz CT molecular complexity index is 591. The van der Waals surface area contributed by atoms with E-state index in [-0.39, 0.29) is 11.8 Å². The van der Waals surface area contributed by atoms with E-state index < -0.39 is 5.82 Å². The Morgan fingerprint density at radius 1 is 1.28 bits per heavy atom. The molecule has 0 radical (unpaired) electrons. The van der Waals surface area contributed by atoms with Gasteiger partial charge in [-0.1, -0.05) is 23.7 Å². The Morgan fingerprint density at radius 3 is 2.78 bits per heavy atom. The molecule has 0 unspecified atom stereocenters. The average Bonchev–Trinajstić information content (AvgIpc) is 2.39. The van der Waals surface area contributed by atoms with Crippen molar-refractivity contribution in [2.24, 2.45) is 10.2 Å². The molecule has 0 aliphatic carbocycles. The molecule has 1 heterocycles. The second-order valence-electron chi connectivity index (χ2n) is 3.18. The molecule has 1 aromatic heterocycles. The zero-order valence-electron chi connectivity index (χ0n) is 9.34. The number of methoxy groups -OCH3 is 1. The number of nitrogens with zero attached hydrogens (tertiary/aromatic N) is 4. The van der Waals surface area contributed by atoms with E-state index in [1.165, 1.54) is 7.11 Å². The third kappa shape index (κ3) is 2.78. The summed E-state index contributed by atoms with van der Waals surface area (Å²) in [7, 11) is 1.38. The molecule has 0 aliphatic rings. The zero-order chi connectivity index (χ0) is 13.0. The molecule has 0 fully saturated rings. The lowest BCUT2D eigenvalue weighted by Crippen LogP contribution is -1.92. The molecular weight excluding hydrogens is 259 g/mol. The van der Waals surface area contributed by atoms with Gasteiger partial charge in [0, 0.05) is 0 Å².